The van der Waals surface area contributed by atoms with E-state index in [4.69, 9.17) is 4.74 Å². The van der Waals surface area contributed by atoms with Crippen LogP contribution in [0.1, 0.15) is 60.8 Å². The molecule has 1 N–H and O–H groups in total. The third-order valence-corrected chi connectivity index (χ3v) is 6.78. The SMILES string of the molecule is O=C(NC1CCCCC1)OC(c1ccc([N+](=O)[O-])cc1)C1c2ccccc2-c2ccccc21. The first kappa shape index (κ1) is 21.2. The number of nitrogens with zero attached hydrogens (tertiary/aromatic N) is 1. The minimum absolute atomic E-state index is 0.0105. The summed E-state index contributed by atoms with van der Waals surface area (Å²) in [4.78, 5) is 23.8. The number of hydrogen-bond donors (Lipinski definition) is 1. The fourth-order valence-electron chi connectivity index (χ4n) is 5.20. The standard InChI is InChI=1S/C27H26N2O4/c30-27(28-19-8-2-1-3-9-19)33-26(18-14-16-20(17-15-18)29(31)32)25-23-12-6-4-10-21(23)22-11-5-7-13-24(22)25/h4-7,10-17,19,25-26H,1-3,8-9H2,(H,28,30). The minimum Gasteiger partial charge on any atom is -0.440 e. The number of hydrogen-bond acceptors (Lipinski definition) is 4. The summed E-state index contributed by atoms with van der Waals surface area (Å²) >= 11 is 0. The monoisotopic (exact) mass is 442 g/mol. The number of nitrogens with one attached hydrogen (secondary N) is 1. The normalized spacial score (nSPS) is 16.5. The molecule has 0 aliphatic heterocycles. The Hall–Kier alpha value is -3.67. The fraction of sp³-hybridized carbons (Fsp3) is 0.296. The molecule has 0 aromatic heterocycles. The van der Waals surface area contributed by atoms with Gasteiger partial charge in [0.2, 0.25) is 0 Å². The van der Waals surface area contributed by atoms with E-state index in [9.17, 15) is 14.9 Å². The molecule has 5 rings (SSSR count). The first-order chi connectivity index (χ1) is 16.1. The molecule has 2 aliphatic carbocycles. The van der Waals surface area contributed by atoms with Gasteiger partial charge in [-0.15, -0.1) is 0 Å². The summed E-state index contributed by atoms with van der Waals surface area (Å²) in [5.41, 5.74) is 5.18. The van der Waals surface area contributed by atoms with Gasteiger partial charge >= 0.3 is 6.09 Å². The van der Waals surface area contributed by atoms with Gasteiger partial charge in [0, 0.05) is 18.2 Å². The van der Waals surface area contributed by atoms with Gasteiger partial charge in [-0.25, -0.2) is 4.79 Å². The lowest BCUT2D eigenvalue weighted by Gasteiger charge is -2.28. The van der Waals surface area contributed by atoms with Crippen LogP contribution in [-0.2, 0) is 4.74 Å². The zero-order valence-corrected chi connectivity index (χ0v) is 18.3. The quantitative estimate of drug-likeness (QED) is 0.361. The Morgan fingerprint density at radius 1 is 0.879 bits per heavy atom. The molecule has 0 heterocycles. The Bertz CT molecular complexity index is 1120. The smallest absolute Gasteiger partial charge is 0.407 e. The molecule has 0 radical (unpaired) electrons. The van der Waals surface area contributed by atoms with Gasteiger partial charge in [-0.2, -0.15) is 0 Å². The molecule has 1 unspecified atom stereocenters. The molecule has 1 amide bonds. The van der Waals surface area contributed by atoms with Crippen LogP contribution in [0, 0.1) is 10.1 Å². The number of alkyl carbamates (subject to hydrolysis) is 1. The van der Waals surface area contributed by atoms with Crippen molar-refractivity contribution in [3.63, 3.8) is 0 Å². The van der Waals surface area contributed by atoms with Crippen molar-refractivity contribution in [3.05, 3.63) is 99.6 Å². The van der Waals surface area contributed by atoms with Crippen molar-refractivity contribution < 1.29 is 14.5 Å². The number of nitro benzene ring substituents is 1. The molecular weight excluding hydrogens is 416 g/mol. The van der Waals surface area contributed by atoms with Crippen molar-refractivity contribution in [2.24, 2.45) is 0 Å². The average Bonchev–Trinajstić information content (AvgIpc) is 3.18. The number of amides is 1. The fourth-order valence-corrected chi connectivity index (χ4v) is 5.20. The predicted octanol–water partition coefficient (Wildman–Crippen LogP) is 6.51. The third-order valence-electron chi connectivity index (χ3n) is 6.78. The minimum atomic E-state index is -0.612. The Morgan fingerprint density at radius 2 is 1.45 bits per heavy atom. The van der Waals surface area contributed by atoms with Crippen LogP contribution in [0.25, 0.3) is 11.1 Å². The largest absolute Gasteiger partial charge is 0.440 e. The van der Waals surface area contributed by atoms with Crippen molar-refractivity contribution in [1.29, 1.82) is 0 Å². The number of benzene rings is 3. The number of rotatable bonds is 5. The molecule has 0 saturated heterocycles. The topological polar surface area (TPSA) is 81.5 Å². The van der Waals surface area contributed by atoms with Crippen LogP contribution in [0.15, 0.2) is 72.8 Å². The Morgan fingerprint density at radius 3 is 2.03 bits per heavy atom. The number of nitro groups is 1. The summed E-state index contributed by atoms with van der Waals surface area (Å²) in [5.74, 6) is -0.198. The van der Waals surface area contributed by atoms with Crippen LogP contribution in [0.4, 0.5) is 10.5 Å². The van der Waals surface area contributed by atoms with Crippen molar-refractivity contribution in [3.8, 4) is 11.1 Å². The van der Waals surface area contributed by atoms with E-state index in [1.165, 1.54) is 18.6 Å². The van der Waals surface area contributed by atoms with E-state index < -0.39 is 17.1 Å². The summed E-state index contributed by atoms with van der Waals surface area (Å²) in [6, 6.07) is 22.8. The molecule has 168 valence electrons. The lowest BCUT2D eigenvalue weighted by molar-refractivity contribution is -0.384. The van der Waals surface area contributed by atoms with Crippen LogP contribution < -0.4 is 5.32 Å². The van der Waals surface area contributed by atoms with Gasteiger partial charge in [0.25, 0.3) is 5.69 Å². The van der Waals surface area contributed by atoms with E-state index in [2.05, 4.69) is 29.6 Å². The summed E-state index contributed by atoms with van der Waals surface area (Å²) in [7, 11) is 0. The molecule has 3 aromatic carbocycles. The maximum atomic E-state index is 13.0. The van der Waals surface area contributed by atoms with E-state index in [0.717, 1.165) is 53.5 Å². The second kappa shape index (κ2) is 9.06. The highest BCUT2D eigenvalue weighted by atomic mass is 16.6. The van der Waals surface area contributed by atoms with Crippen LogP contribution >= 0.6 is 0 Å². The van der Waals surface area contributed by atoms with Gasteiger partial charge < -0.3 is 10.1 Å². The van der Waals surface area contributed by atoms with E-state index >= 15 is 0 Å². The molecular formula is C27H26N2O4. The summed E-state index contributed by atoms with van der Waals surface area (Å²) in [6.07, 6.45) is 4.30. The summed E-state index contributed by atoms with van der Waals surface area (Å²) in [5, 5.41) is 14.2. The molecule has 6 nitrogen and oxygen atoms in total. The molecule has 0 spiro atoms. The van der Waals surface area contributed by atoms with Gasteiger partial charge in [-0.05, 0) is 52.8 Å². The number of ether oxygens (including phenoxy) is 1. The molecule has 3 aromatic rings. The van der Waals surface area contributed by atoms with Gasteiger partial charge in [0.15, 0.2) is 0 Å². The zero-order valence-electron chi connectivity index (χ0n) is 18.3. The van der Waals surface area contributed by atoms with Crippen LogP contribution in [0.3, 0.4) is 0 Å². The Labute approximate surface area is 192 Å². The van der Waals surface area contributed by atoms with Gasteiger partial charge in [0.05, 0.1) is 10.8 Å². The van der Waals surface area contributed by atoms with Crippen molar-refractivity contribution in [2.75, 3.05) is 0 Å². The molecule has 2 aliphatic rings. The van der Waals surface area contributed by atoms with Gasteiger partial charge in [-0.3, -0.25) is 10.1 Å². The van der Waals surface area contributed by atoms with Crippen molar-refractivity contribution in [1.82, 2.24) is 5.32 Å². The summed E-state index contributed by atoms with van der Waals surface area (Å²) < 4.78 is 6.12. The van der Waals surface area contributed by atoms with Crippen LogP contribution in [0.2, 0.25) is 0 Å². The van der Waals surface area contributed by atoms with E-state index in [0.29, 0.717) is 0 Å². The van der Waals surface area contributed by atoms with Gasteiger partial charge in [0.1, 0.15) is 6.10 Å². The highest BCUT2D eigenvalue weighted by Gasteiger charge is 2.37. The third kappa shape index (κ3) is 4.21. The number of non-ortho nitro benzene ring substituents is 1. The van der Waals surface area contributed by atoms with E-state index in [1.54, 1.807) is 12.1 Å². The molecule has 33 heavy (non-hydrogen) atoms. The molecule has 1 saturated carbocycles. The predicted molar refractivity (Wildman–Crippen MR) is 126 cm³/mol. The van der Waals surface area contributed by atoms with Crippen LogP contribution in [-0.4, -0.2) is 17.1 Å². The van der Waals surface area contributed by atoms with Crippen molar-refractivity contribution >= 4 is 11.8 Å². The maximum Gasteiger partial charge on any atom is 0.407 e. The second-order valence-electron chi connectivity index (χ2n) is 8.81. The first-order valence-electron chi connectivity index (χ1n) is 11.5. The first-order valence-corrected chi connectivity index (χ1v) is 11.5. The lowest BCUT2D eigenvalue weighted by atomic mass is 9.87. The van der Waals surface area contributed by atoms with Crippen LogP contribution in [0.5, 0.6) is 0 Å². The number of carbonyl (C=O) groups is 1. The highest BCUT2D eigenvalue weighted by Crippen LogP contribution is 2.51. The van der Waals surface area contributed by atoms with E-state index in [1.807, 2.05) is 24.3 Å². The van der Waals surface area contributed by atoms with Gasteiger partial charge in [-0.1, -0.05) is 67.8 Å². The molecule has 1 atom stereocenters. The average molecular weight is 443 g/mol. The molecule has 1 fully saturated rings. The number of carbonyl (C=O) groups excluding carboxylic acids is 1. The second-order valence-corrected chi connectivity index (χ2v) is 8.81. The number of fused-ring (bicyclic) bond motifs is 3. The Kier molecular flexibility index (Phi) is 5.82. The molecule has 6 heteroatoms. The summed E-state index contributed by atoms with van der Waals surface area (Å²) in [6.45, 7) is 0. The van der Waals surface area contributed by atoms with E-state index in [-0.39, 0.29) is 17.6 Å². The highest BCUT2D eigenvalue weighted by molar-refractivity contribution is 5.79. The lowest BCUT2D eigenvalue weighted by Crippen LogP contribution is -2.37. The zero-order chi connectivity index (χ0) is 22.8. The van der Waals surface area contributed by atoms with Crippen molar-refractivity contribution in [2.45, 2.75) is 50.2 Å². The maximum absolute atomic E-state index is 13.0. The molecule has 0 bridgehead atoms. The Balaban J connectivity index is 1.52.